The molecule has 3 nitrogen and oxygen atoms in total. The van der Waals surface area contributed by atoms with Crippen LogP contribution in [0.4, 0.5) is 0 Å². The van der Waals surface area contributed by atoms with Crippen molar-refractivity contribution < 1.29 is 13.5 Å². The molecule has 0 aliphatic rings. The van der Waals surface area contributed by atoms with Crippen LogP contribution in [-0.4, -0.2) is 0 Å². The van der Waals surface area contributed by atoms with Crippen LogP contribution >= 0.6 is 32.2 Å². The second-order valence-electron chi connectivity index (χ2n) is 9.60. The van der Waals surface area contributed by atoms with E-state index in [1.165, 1.54) is 0 Å². The summed E-state index contributed by atoms with van der Waals surface area (Å²) in [7, 11) is -2.24. The van der Waals surface area contributed by atoms with E-state index in [1.54, 1.807) is 0 Å². The fourth-order valence-electron chi connectivity index (χ4n) is 4.91. The van der Waals surface area contributed by atoms with Gasteiger partial charge in [-0.3, -0.25) is 0 Å². The van der Waals surface area contributed by atoms with Gasteiger partial charge in [-0.25, -0.2) is 0 Å². The third-order valence-electron chi connectivity index (χ3n) is 6.87. The molecule has 0 bridgehead atoms. The molecule has 42 heavy (non-hydrogen) atoms. The third kappa shape index (κ3) is 5.35. The zero-order valence-corrected chi connectivity index (χ0v) is 25.8. The molecule has 0 N–H and O–H groups in total. The summed E-state index contributed by atoms with van der Waals surface area (Å²) in [5.41, 5.74) is 1.39. The van der Waals surface area contributed by atoms with Gasteiger partial charge in [0.05, 0.1) is 0 Å². The van der Waals surface area contributed by atoms with Crippen molar-refractivity contribution in [1.82, 2.24) is 0 Å². The summed E-state index contributed by atoms with van der Waals surface area (Å²) in [5.74, 6) is 1.40. The first-order valence-electron chi connectivity index (χ1n) is 13.6. The maximum atomic E-state index is 6.86. The Balaban J connectivity index is 1.34. The number of benzene rings is 6. The Morgan fingerprint density at radius 1 is 0.429 bits per heavy atom. The molecular weight excluding hydrogens is 622 g/mol. The Hall–Kier alpha value is -3.94. The first-order valence-corrected chi connectivity index (χ1v) is 16.9. The summed E-state index contributed by atoms with van der Waals surface area (Å²) >= 11 is 3.79. The third-order valence-corrected chi connectivity index (χ3v) is 11.4. The van der Waals surface area contributed by atoms with Crippen LogP contribution in [-0.2, 0) is 0 Å². The molecule has 7 aromatic rings. The second-order valence-corrected chi connectivity index (χ2v) is 14.1. The van der Waals surface area contributed by atoms with E-state index in [1.807, 2.05) is 48.5 Å². The smallest absolute Gasteiger partial charge is 0.178 e. The van der Waals surface area contributed by atoms with Crippen LogP contribution in [0, 0.1) is 0 Å². The van der Waals surface area contributed by atoms with E-state index < -0.39 is 16.3 Å². The minimum Gasteiger partial charge on any atom is -0.461 e. The first kappa shape index (κ1) is 26.9. The number of fused-ring (bicyclic) bond motifs is 3. The average molecular weight is 647 g/mol. The lowest BCUT2D eigenvalue weighted by Gasteiger charge is -2.19. The lowest BCUT2D eigenvalue weighted by atomic mass is 10.1. The minimum atomic E-state index is -1.12. The summed E-state index contributed by atoms with van der Waals surface area (Å²) in [6.45, 7) is 0. The van der Waals surface area contributed by atoms with Gasteiger partial charge < -0.3 is 13.5 Å². The van der Waals surface area contributed by atoms with E-state index in [-0.39, 0.29) is 0 Å². The number of halogens is 1. The largest absolute Gasteiger partial charge is 0.461 e. The fourth-order valence-corrected chi connectivity index (χ4v) is 8.91. The highest BCUT2D eigenvalue weighted by molar-refractivity contribution is 9.10. The van der Waals surface area contributed by atoms with Crippen molar-refractivity contribution in [3.63, 3.8) is 0 Å². The quantitative estimate of drug-likeness (QED) is 0.154. The lowest BCUT2D eigenvalue weighted by Crippen LogP contribution is -2.15. The normalized spacial score (nSPS) is 11.4. The highest BCUT2D eigenvalue weighted by Gasteiger charge is 2.24. The predicted molar refractivity (Wildman–Crippen MR) is 181 cm³/mol. The van der Waals surface area contributed by atoms with Crippen molar-refractivity contribution in [2.45, 2.75) is 0 Å². The van der Waals surface area contributed by atoms with Gasteiger partial charge >= 0.3 is 0 Å². The average Bonchev–Trinajstić information content (AvgIpc) is 3.47. The van der Waals surface area contributed by atoms with E-state index in [0.29, 0.717) is 22.7 Å². The van der Waals surface area contributed by atoms with Gasteiger partial charge in [0.1, 0.15) is 0 Å². The molecular formula is C36H25BrO3P2. The molecule has 0 unspecified atom stereocenters. The lowest BCUT2D eigenvalue weighted by molar-refractivity contribution is 0.575. The highest BCUT2D eigenvalue weighted by atomic mass is 79.9. The maximum Gasteiger partial charge on any atom is 0.178 e. The molecule has 0 aliphatic heterocycles. The molecule has 6 aromatic carbocycles. The monoisotopic (exact) mass is 646 g/mol. The highest BCUT2D eigenvalue weighted by Crippen LogP contribution is 2.48. The molecule has 0 atom stereocenters. The number of rotatable bonds is 8. The molecule has 0 saturated heterocycles. The second kappa shape index (κ2) is 12.1. The summed E-state index contributed by atoms with van der Waals surface area (Å²) in [4.78, 5) is 0. The summed E-state index contributed by atoms with van der Waals surface area (Å²) in [6.07, 6.45) is 0. The van der Waals surface area contributed by atoms with Crippen LogP contribution in [0.25, 0.3) is 21.9 Å². The molecule has 6 heteroatoms. The van der Waals surface area contributed by atoms with Crippen LogP contribution in [0.2, 0.25) is 0 Å². The van der Waals surface area contributed by atoms with Crippen molar-refractivity contribution >= 4 is 75.4 Å². The maximum absolute atomic E-state index is 6.86. The zero-order chi connectivity index (χ0) is 28.3. The van der Waals surface area contributed by atoms with Gasteiger partial charge in [0.2, 0.25) is 0 Å². The fraction of sp³-hybridized carbons (Fsp3) is 0. The summed E-state index contributed by atoms with van der Waals surface area (Å²) in [5, 5.41) is 6.46. The van der Waals surface area contributed by atoms with Crippen LogP contribution in [0.1, 0.15) is 0 Å². The van der Waals surface area contributed by atoms with E-state index >= 15 is 0 Å². The molecule has 0 fully saturated rings. The number of hydrogen-bond donors (Lipinski definition) is 0. The molecule has 0 amide bonds. The van der Waals surface area contributed by atoms with Gasteiger partial charge in [-0.1, -0.05) is 149 Å². The molecule has 7 rings (SSSR count). The Morgan fingerprint density at radius 3 is 1.31 bits per heavy atom. The van der Waals surface area contributed by atoms with E-state index in [4.69, 9.17) is 13.5 Å². The minimum absolute atomic E-state index is 0.693. The van der Waals surface area contributed by atoms with Crippen LogP contribution in [0.5, 0.6) is 11.5 Å². The van der Waals surface area contributed by atoms with Crippen LogP contribution < -0.4 is 30.3 Å². The predicted octanol–water partition coefficient (Wildman–Crippen LogP) is 9.20. The Kier molecular flexibility index (Phi) is 7.77. The molecule has 0 spiro atoms. The van der Waals surface area contributed by atoms with Gasteiger partial charge in [-0.2, -0.15) is 0 Å². The molecule has 1 heterocycles. The molecule has 0 aliphatic carbocycles. The zero-order valence-electron chi connectivity index (χ0n) is 22.4. The number of para-hydroxylation sites is 1. The van der Waals surface area contributed by atoms with Crippen molar-refractivity contribution in [2.24, 2.45) is 0 Å². The van der Waals surface area contributed by atoms with Gasteiger partial charge in [-0.05, 0) is 18.2 Å². The standard InChI is InChI=1S/C36H25BrO3P2/c37-31-24-25-33(40-42(28-18-9-3-10-19-28)29-20-11-4-12-21-29)36-34(31)30-22-13-23-32(35(30)38-36)39-41(26-14-5-1-6-15-26)27-16-7-2-8-17-27/h1-25H. The summed E-state index contributed by atoms with van der Waals surface area (Å²) in [6, 6.07) is 51.6. The Labute approximate surface area is 255 Å². The van der Waals surface area contributed by atoms with Gasteiger partial charge in [-0.15, -0.1) is 0 Å². The van der Waals surface area contributed by atoms with Gasteiger partial charge in [0.15, 0.2) is 39.0 Å². The summed E-state index contributed by atoms with van der Waals surface area (Å²) < 4.78 is 21.3. The van der Waals surface area contributed by atoms with E-state index in [0.717, 1.165) is 36.5 Å². The van der Waals surface area contributed by atoms with Gasteiger partial charge in [0, 0.05) is 36.5 Å². The Morgan fingerprint density at radius 2 is 0.857 bits per heavy atom. The van der Waals surface area contributed by atoms with E-state index in [2.05, 4.69) is 119 Å². The topological polar surface area (TPSA) is 31.6 Å². The first-order chi connectivity index (χ1) is 20.8. The SMILES string of the molecule is Brc1ccc(OP(c2ccccc2)c2ccccc2)c2oc3c(OP(c4ccccc4)c4ccccc4)cccc3c12. The molecule has 1 aromatic heterocycles. The van der Waals surface area contributed by atoms with E-state index in [9.17, 15) is 0 Å². The van der Waals surface area contributed by atoms with Gasteiger partial charge in [0.25, 0.3) is 0 Å². The van der Waals surface area contributed by atoms with Crippen LogP contribution in [0.3, 0.4) is 0 Å². The van der Waals surface area contributed by atoms with Crippen molar-refractivity contribution in [3.8, 4) is 11.5 Å². The molecule has 204 valence electrons. The number of furan rings is 1. The molecule has 0 saturated carbocycles. The Bertz CT molecular complexity index is 1870. The number of hydrogen-bond acceptors (Lipinski definition) is 3. The van der Waals surface area contributed by atoms with Crippen molar-refractivity contribution in [3.05, 3.63) is 156 Å². The molecule has 0 radical (unpaired) electrons. The van der Waals surface area contributed by atoms with Crippen molar-refractivity contribution in [1.29, 1.82) is 0 Å². The van der Waals surface area contributed by atoms with Crippen LogP contribution in [0.15, 0.2) is 161 Å². The van der Waals surface area contributed by atoms with Crippen molar-refractivity contribution in [2.75, 3.05) is 0 Å².